The normalized spacial score (nSPS) is 28.1. The van der Waals surface area contributed by atoms with Crippen molar-refractivity contribution in [2.75, 3.05) is 0 Å². The highest BCUT2D eigenvalue weighted by atomic mass is 14.4. The molecule has 1 atom stereocenters. The van der Waals surface area contributed by atoms with Crippen molar-refractivity contribution >= 4 is 0 Å². The van der Waals surface area contributed by atoms with Gasteiger partial charge in [0.15, 0.2) is 0 Å². The fourth-order valence-electron chi connectivity index (χ4n) is 3.51. The Morgan fingerprint density at radius 1 is 1.00 bits per heavy atom. The smallest absolute Gasteiger partial charge is 0.000658 e. The van der Waals surface area contributed by atoms with Crippen LogP contribution >= 0.6 is 0 Å². The molecule has 75 valence electrons. The summed E-state index contributed by atoms with van der Waals surface area (Å²) in [5.74, 6) is 0.778. The van der Waals surface area contributed by atoms with Crippen molar-refractivity contribution in [3.05, 3.63) is 28.7 Å². The third-order valence-corrected chi connectivity index (χ3v) is 4.21. The number of allylic oxidation sites excluding steroid dienone is 4. The van der Waals surface area contributed by atoms with Crippen molar-refractivity contribution in [2.45, 2.75) is 51.9 Å². The van der Waals surface area contributed by atoms with Gasteiger partial charge in [-0.15, -0.1) is 0 Å². The number of fused-ring (bicyclic) bond motifs is 1. The van der Waals surface area contributed by atoms with E-state index >= 15 is 0 Å². The fourth-order valence-corrected chi connectivity index (χ4v) is 3.51. The summed E-state index contributed by atoms with van der Waals surface area (Å²) in [5, 5.41) is 0. The molecule has 0 aromatic carbocycles. The van der Waals surface area contributed by atoms with Crippen LogP contribution in [0.15, 0.2) is 22.3 Å². The zero-order chi connectivity index (χ0) is 9.54. The minimum atomic E-state index is 0.778. The van der Waals surface area contributed by atoms with Crippen LogP contribution in [0.5, 0.6) is 0 Å². The van der Waals surface area contributed by atoms with E-state index in [-0.39, 0.29) is 0 Å². The van der Waals surface area contributed by atoms with E-state index in [0.29, 0.717) is 0 Å². The first-order valence-corrected chi connectivity index (χ1v) is 6.16. The van der Waals surface area contributed by atoms with Crippen LogP contribution in [0, 0.1) is 12.3 Å². The third-order valence-electron chi connectivity index (χ3n) is 4.21. The van der Waals surface area contributed by atoms with Crippen molar-refractivity contribution in [3.8, 4) is 0 Å². The topological polar surface area (TPSA) is 0 Å². The summed E-state index contributed by atoms with van der Waals surface area (Å²) >= 11 is 0. The van der Waals surface area contributed by atoms with Crippen molar-refractivity contribution in [1.82, 2.24) is 0 Å². The molecule has 0 amide bonds. The average molecular weight is 187 g/mol. The monoisotopic (exact) mass is 187 g/mol. The number of hydrogen-bond donors (Lipinski definition) is 0. The van der Waals surface area contributed by atoms with Crippen molar-refractivity contribution in [1.29, 1.82) is 0 Å². The van der Waals surface area contributed by atoms with Crippen LogP contribution in [-0.2, 0) is 0 Å². The minimum absolute atomic E-state index is 0.778. The third kappa shape index (κ3) is 1.12. The predicted octanol–water partition coefficient (Wildman–Crippen LogP) is 4.19. The van der Waals surface area contributed by atoms with E-state index in [0.717, 1.165) is 5.92 Å². The van der Waals surface area contributed by atoms with E-state index in [4.69, 9.17) is 0 Å². The number of hydrogen-bond acceptors (Lipinski definition) is 0. The lowest BCUT2D eigenvalue weighted by Gasteiger charge is -2.18. The van der Waals surface area contributed by atoms with Crippen molar-refractivity contribution in [3.63, 3.8) is 0 Å². The quantitative estimate of drug-likeness (QED) is 0.533. The van der Waals surface area contributed by atoms with Gasteiger partial charge in [-0.3, -0.25) is 0 Å². The van der Waals surface area contributed by atoms with E-state index in [2.05, 4.69) is 13.3 Å². The summed E-state index contributed by atoms with van der Waals surface area (Å²) in [6, 6.07) is 0. The van der Waals surface area contributed by atoms with Crippen LogP contribution in [0.1, 0.15) is 51.9 Å². The van der Waals surface area contributed by atoms with E-state index in [1.165, 1.54) is 44.9 Å². The largest absolute Gasteiger partial charge is 0.0598 e. The molecule has 0 saturated carbocycles. The van der Waals surface area contributed by atoms with Gasteiger partial charge in [-0.25, -0.2) is 0 Å². The second-order valence-corrected chi connectivity index (χ2v) is 4.96. The Morgan fingerprint density at radius 3 is 2.71 bits per heavy atom. The summed E-state index contributed by atoms with van der Waals surface area (Å²) in [6.45, 7) is 2.42. The maximum absolute atomic E-state index is 2.52. The Labute approximate surface area is 87.1 Å². The molecule has 0 saturated heterocycles. The predicted molar refractivity (Wildman–Crippen MR) is 59.8 cm³/mol. The Morgan fingerprint density at radius 2 is 1.79 bits per heavy atom. The van der Waals surface area contributed by atoms with Gasteiger partial charge in [0.1, 0.15) is 0 Å². The zero-order valence-corrected chi connectivity index (χ0v) is 9.10. The molecule has 0 aromatic heterocycles. The van der Waals surface area contributed by atoms with Gasteiger partial charge < -0.3 is 0 Å². The summed E-state index contributed by atoms with van der Waals surface area (Å²) < 4.78 is 0. The van der Waals surface area contributed by atoms with Crippen molar-refractivity contribution < 1.29 is 0 Å². The second-order valence-electron chi connectivity index (χ2n) is 4.96. The molecule has 0 fully saturated rings. The van der Waals surface area contributed by atoms with Crippen LogP contribution in [0.4, 0.5) is 0 Å². The molecule has 0 heteroatoms. The van der Waals surface area contributed by atoms with E-state index in [9.17, 15) is 0 Å². The molecule has 3 rings (SSSR count). The van der Waals surface area contributed by atoms with Crippen LogP contribution in [-0.4, -0.2) is 0 Å². The lowest BCUT2D eigenvalue weighted by atomic mass is 9.87. The molecule has 0 aliphatic heterocycles. The molecule has 14 heavy (non-hydrogen) atoms. The molecule has 3 aliphatic carbocycles. The molecule has 0 N–H and O–H groups in total. The van der Waals surface area contributed by atoms with Gasteiger partial charge in [-0.1, -0.05) is 18.1 Å². The second kappa shape index (κ2) is 3.25. The highest BCUT2D eigenvalue weighted by Crippen LogP contribution is 2.49. The molecule has 3 aliphatic rings. The first-order valence-electron chi connectivity index (χ1n) is 6.16. The number of rotatable bonds is 0. The lowest BCUT2D eigenvalue weighted by molar-refractivity contribution is 0.636. The summed E-state index contributed by atoms with van der Waals surface area (Å²) in [7, 11) is 0. The summed E-state index contributed by atoms with van der Waals surface area (Å²) in [4.78, 5) is 0. The van der Waals surface area contributed by atoms with Crippen LogP contribution < -0.4 is 0 Å². The molecule has 0 bridgehead atoms. The van der Waals surface area contributed by atoms with Crippen LogP contribution in [0.2, 0.25) is 0 Å². The molecule has 0 nitrogen and oxygen atoms in total. The maximum atomic E-state index is 2.52. The van der Waals surface area contributed by atoms with Gasteiger partial charge in [0.25, 0.3) is 0 Å². The Balaban J connectivity index is 2.02. The standard InChI is InChI=1S/C14H19/c1-10-11-6-2-4-8-13(11)14-9-5-3-7-12(10)14/h6,10H,2-5,7-9H2,1H3. The first-order chi connectivity index (χ1) is 6.88. The van der Waals surface area contributed by atoms with Gasteiger partial charge >= 0.3 is 0 Å². The van der Waals surface area contributed by atoms with Crippen LogP contribution in [0.3, 0.4) is 0 Å². The average Bonchev–Trinajstić information content (AvgIpc) is 2.55. The highest BCUT2D eigenvalue weighted by molar-refractivity contribution is 5.53. The minimum Gasteiger partial charge on any atom is -0.0598 e. The molecular weight excluding hydrogens is 168 g/mol. The van der Waals surface area contributed by atoms with E-state index in [1.54, 1.807) is 22.3 Å². The maximum Gasteiger partial charge on any atom is -0.000658 e. The summed E-state index contributed by atoms with van der Waals surface area (Å²) in [5.41, 5.74) is 7.07. The lowest BCUT2D eigenvalue weighted by Crippen LogP contribution is -2.03. The Kier molecular flexibility index (Phi) is 2.04. The van der Waals surface area contributed by atoms with Gasteiger partial charge in [0.2, 0.25) is 0 Å². The highest BCUT2D eigenvalue weighted by Gasteiger charge is 2.32. The van der Waals surface area contributed by atoms with Gasteiger partial charge in [-0.05, 0) is 68.4 Å². The molecular formula is C14H19. The van der Waals surface area contributed by atoms with Gasteiger partial charge in [0, 0.05) is 0 Å². The molecule has 0 spiro atoms. The van der Waals surface area contributed by atoms with E-state index < -0.39 is 0 Å². The SMILES string of the molecule is CC1C2=C(CCC[CH]2)C2=C1CCCC2. The Hall–Kier alpha value is -0.520. The fraction of sp³-hybridized carbons (Fsp3) is 0.643. The molecule has 0 aromatic rings. The molecule has 1 unspecified atom stereocenters. The first kappa shape index (κ1) is 8.76. The van der Waals surface area contributed by atoms with Crippen molar-refractivity contribution in [2.24, 2.45) is 5.92 Å². The molecule has 0 heterocycles. The van der Waals surface area contributed by atoms with Crippen LogP contribution in [0.25, 0.3) is 0 Å². The zero-order valence-electron chi connectivity index (χ0n) is 9.10. The van der Waals surface area contributed by atoms with Gasteiger partial charge in [0.05, 0.1) is 0 Å². The summed E-state index contributed by atoms with van der Waals surface area (Å²) in [6.07, 6.45) is 12.2. The Bertz CT molecular complexity index is 285. The van der Waals surface area contributed by atoms with E-state index in [1.807, 2.05) is 0 Å². The van der Waals surface area contributed by atoms with Gasteiger partial charge in [-0.2, -0.15) is 0 Å². The molecule has 1 radical (unpaired) electrons.